The van der Waals surface area contributed by atoms with Gasteiger partial charge in [-0.15, -0.1) is 0 Å². The Morgan fingerprint density at radius 3 is 2.34 bits per heavy atom. The van der Waals surface area contributed by atoms with E-state index in [1.54, 1.807) is 0 Å². The number of hydrogen-bond acceptors (Lipinski definition) is 1. The highest BCUT2D eigenvalue weighted by Gasteiger charge is 2.23. The van der Waals surface area contributed by atoms with Gasteiger partial charge in [0.15, 0.2) is 0 Å². The summed E-state index contributed by atoms with van der Waals surface area (Å²) in [5, 5.41) is 4.96. The Bertz CT molecular complexity index is 1180. The lowest BCUT2D eigenvalue weighted by molar-refractivity contribution is -0.121. The van der Waals surface area contributed by atoms with Crippen molar-refractivity contribution in [1.82, 2.24) is 9.88 Å². The smallest absolute Gasteiger partial charge is 0.220 e. The fourth-order valence-electron chi connectivity index (χ4n) is 4.14. The molecule has 4 rings (SSSR count). The fourth-order valence-corrected chi connectivity index (χ4v) is 4.27. The molecule has 4 heteroatoms. The highest BCUT2D eigenvalue weighted by atomic mass is 35.5. The van der Waals surface area contributed by atoms with Gasteiger partial charge >= 0.3 is 0 Å². The molecule has 3 nitrogen and oxygen atoms in total. The monoisotopic (exact) mass is 444 g/mol. The summed E-state index contributed by atoms with van der Waals surface area (Å²) in [4.78, 5) is 12.9. The van der Waals surface area contributed by atoms with Gasteiger partial charge in [-0.2, -0.15) is 0 Å². The van der Waals surface area contributed by atoms with Gasteiger partial charge in [-0.25, -0.2) is 0 Å². The van der Waals surface area contributed by atoms with E-state index in [2.05, 4.69) is 78.5 Å². The Kier molecular flexibility index (Phi) is 6.96. The molecule has 32 heavy (non-hydrogen) atoms. The molecule has 0 bridgehead atoms. The van der Waals surface area contributed by atoms with Gasteiger partial charge in [0.05, 0.1) is 0 Å². The van der Waals surface area contributed by atoms with Gasteiger partial charge in [-0.1, -0.05) is 86.1 Å². The highest BCUT2D eigenvalue weighted by molar-refractivity contribution is 6.30. The molecule has 1 atom stereocenters. The molecular formula is C28H29ClN2O. The summed E-state index contributed by atoms with van der Waals surface area (Å²) in [7, 11) is 0. The molecule has 0 saturated heterocycles. The van der Waals surface area contributed by atoms with Crippen LogP contribution in [0.5, 0.6) is 0 Å². The summed E-state index contributed by atoms with van der Waals surface area (Å²) in [6, 6.07) is 26.8. The van der Waals surface area contributed by atoms with Gasteiger partial charge in [0.2, 0.25) is 5.91 Å². The highest BCUT2D eigenvalue weighted by Crippen LogP contribution is 2.35. The number of carbonyl (C=O) groups is 1. The lowest BCUT2D eigenvalue weighted by Crippen LogP contribution is -2.28. The maximum absolute atomic E-state index is 12.9. The molecule has 4 aromatic rings. The zero-order chi connectivity index (χ0) is 22.5. The molecule has 1 aromatic heterocycles. The van der Waals surface area contributed by atoms with Crippen LogP contribution in [0.1, 0.15) is 42.9 Å². The number of rotatable bonds is 8. The van der Waals surface area contributed by atoms with Crippen LogP contribution in [0, 0.1) is 5.92 Å². The Balaban J connectivity index is 1.75. The van der Waals surface area contributed by atoms with Crippen molar-refractivity contribution in [3.8, 4) is 0 Å². The zero-order valence-electron chi connectivity index (χ0n) is 18.6. The number of fused-ring (bicyclic) bond motifs is 1. The van der Waals surface area contributed by atoms with Crippen molar-refractivity contribution >= 4 is 28.4 Å². The van der Waals surface area contributed by atoms with Crippen LogP contribution in [-0.2, 0) is 11.3 Å². The average molecular weight is 445 g/mol. The Morgan fingerprint density at radius 1 is 0.938 bits per heavy atom. The van der Waals surface area contributed by atoms with E-state index in [9.17, 15) is 4.79 Å². The van der Waals surface area contributed by atoms with Gasteiger partial charge in [0.1, 0.15) is 0 Å². The minimum atomic E-state index is -0.0543. The summed E-state index contributed by atoms with van der Waals surface area (Å²) in [6.07, 6.45) is 2.61. The number of nitrogens with one attached hydrogen (secondary N) is 1. The SMILES string of the molecule is CC(C)CNC(=O)C[C@H](c1ccc(Cl)cc1)c1cn(Cc2ccccc2)c2ccccc12. The predicted octanol–water partition coefficient (Wildman–Crippen LogP) is 6.64. The molecule has 0 aliphatic heterocycles. The Hall–Kier alpha value is -3.04. The van der Waals surface area contributed by atoms with E-state index >= 15 is 0 Å². The molecule has 1 N–H and O–H groups in total. The van der Waals surface area contributed by atoms with Gasteiger partial charge in [-0.05, 0) is 40.8 Å². The molecule has 0 spiro atoms. The van der Waals surface area contributed by atoms with Crippen LogP contribution in [0.4, 0.5) is 0 Å². The van der Waals surface area contributed by atoms with E-state index in [0.29, 0.717) is 23.9 Å². The van der Waals surface area contributed by atoms with E-state index in [1.807, 2.05) is 30.3 Å². The van der Waals surface area contributed by atoms with Gasteiger partial charge in [0, 0.05) is 47.6 Å². The lowest BCUT2D eigenvalue weighted by atomic mass is 9.88. The van der Waals surface area contributed by atoms with E-state index in [-0.39, 0.29) is 11.8 Å². The van der Waals surface area contributed by atoms with Crippen LogP contribution >= 0.6 is 11.6 Å². The van der Waals surface area contributed by atoms with Crippen molar-refractivity contribution in [3.63, 3.8) is 0 Å². The first-order valence-electron chi connectivity index (χ1n) is 11.1. The van der Waals surface area contributed by atoms with Crippen molar-refractivity contribution in [2.45, 2.75) is 32.7 Å². The molecule has 1 amide bonds. The summed E-state index contributed by atoms with van der Waals surface area (Å²) in [5.41, 5.74) is 4.68. The Morgan fingerprint density at radius 2 is 1.62 bits per heavy atom. The van der Waals surface area contributed by atoms with Crippen LogP contribution in [0.3, 0.4) is 0 Å². The third-order valence-electron chi connectivity index (χ3n) is 5.76. The number of amides is 1. The zero-order valence-corrected chi connectivity index (χ0v) is 19.3. The number of carbonyl (C=O) groups excluding carboxylic acids is 1. The Labute approximate surface area is 195 Å². The third-order valence-corrected chi connectivity index (χ3v) is 6.01. The summed E-state index contributed by atoms with van der Waals surface area (Å²) >= 11 is 6.16. The van der Waals surface area contributed by atoms with Crippen molar-refractivity contribution in [2.24, 2.45) is 5.92 Å². The normalized spacial score (nSPS) is 12.2. The molecule has 0 unspecified atom stereocenters. The van der Waals surface area contributed by atoms with E-state index < -0.39 is 0 Å². The van der Waals surface area contributed by atoms with Gasteiger partial charge < -0.3 is 9.88 Å². The van der Waals surface area contributed by atoms with Crippen molar-refractivity contribution in [1.29, 1.82) is 0 Å². The van der Waals surface area contributed by atoms with Crippen LogP contribution in [0.2, 0.25) is 5.02 Å². The van der Waals surface area contributed by atoms with Crippen LogP contribution in [0.25, 0.3) is 10.9 Å². The van der Waals surface area contributed by atoms with E-state index in [4.69, 9.17) is 11.6 Å². The summed E-state index contributed by atoms with van der Waals surface area (Å²) in [5.74, 6) is 0.431. The second kappa shape index (κ2) is 10.1. The van der Waals surface area contributed by atoms with Crippen LogP contribution in [-0.4, -0.2) is 17.0 Å². The minimum absolute atomic E-state index is 0.0543. The number of halogens is 1. The van der Waals surface area contributed by atoms with Crippen molar-refractivity contribution < 1.29 is 4.79 Å². The van der Waals surface area contributed by atoms with Crippen LogP contribution < -0.4 is 5.32 Å². The van der Waals surface area contributed by atoms with Crippen molar-refractivity contribution in [2.75, 3.05) is 6.54 Å². The van der Waals surface area contributed by atoms with Crippen LogP contribution in [0.15, 0.2) is 85.1 Å². The maximum Gasteiger partial charge on any atom is 0.220 e. The third kappa shape index (κ3) is 5.23. The largest absolute Gasteiger partial charge is 0.356 e. The summed E-state index contributed by atoms with van der Waals surface area (Å²) < 4.78 is 2.29. The number of para-hydroxylation sites is 1. The van der Waals surface area contributed by atoms with Crippen molar-refractivity contribution in [3.05, 3.63) is 107 Å². The second-order valence-corrected chi connectivity index (χ2v) is 9.16. The lowest BCUT2D eigenvalue weighted by Gasteiger charge is -2.18. The summed E-state index contributed by atoms with van der Waals surface area (Å²) in [6.45, 7) is 5.68. The first-order valence-corrected chi connectivity index (χ1v) is 11.5. The van der Waals surface area contributed by atoms with Gasteiger partial charge in [-0.3, -0.25) is 4.79 Å². The standard InChI is InChI=1S/C28H29ClN2O/c1-20(2)17-30-28(32)16-25(22-12-14-23(29)15-13-22)26-19-31(18-21-8-4-3-5-9-21)27-11-7-6-10-24(26)27/h3-15,19-20,25H,16-18H2,1-2H3,(H,30,32)/t25-/m1/s1. The molecule has 0 radical (unpaired) electrons. The minimum Gasteiger partial charge on any atom is -0.356 e. The second-order valence-electron chi connectivity index (χ2n) is 8.72. The molecule has 0 aliphatic carbocycles. The molecular weight excluding hydrogens is 416 g/mol. The average Bonchev–Trinajstić information content (AvgIpc) is 3.16. The molecule has 3 aromatic carbocycles. The quantitative estimate of drug-likeness (QED) is 0.325. The van der Waals surface area contributed by atoms with E-state index in [0.717, 1.165) is 12.1 Å². The topological polar surface area (TPSA) is 34.0 Å². The van der Waals surface area contributed by atoms with Gasteiger partial charge in [0.25, 0.3) is 0 Å². The number of hydrogen-bond donors (Lipinski definition) is 1. The number of nitrogens with zero attached hydrogens (tertiary/aromatic N) is 1. The maximum atomic E-state index is 12.9. The fraction of sp³-hybridized carbons (Fsp3) is 0.250. The molecule has 0 saturated carbocycles. The molecule has 1 heterocycles. The number of benzene rings is 3. The first-order chi connectivity index (χ1) is 15.5. The number of aromatic nitrogens is 1. The molecule has 0 fully saturated rings. The van der Waals surface area contributed by atoms with E-state index in [1.165, 1.54) is 22.0 Å². The first kappa shape index (κ1) is 22.2. The molecule has 0 aliphatic rings. The predicted molar refractivity (Wildman–Crippen MR) is 133 cm³/mol. The molecule has 164 valence electrons.